The molecular weight excluding hydrogens is 418 g/mol. The minimum Gasteiger partial charge on any atom is -0.395 e. The van der Waals surface area contributed by atoms with E-state index >= 15 is 0 Å². The normalized spacial score (nSPS) is 11.2. The van der Waals surface area contributed by atoms with Gasteiger partial charge in [0, 0.05) is 23.6 Å². The van der Waals surface area contributed by atoms with Crippen LogP contribution in [0.15, 0.2) is 59.4 Å². The number of rotatable bonds is 6. The lowest BCUT2D eigenvalue weighted by Crippen LogP contribution is -2.30. The number of aromatic nitrogens is 3. The SMILES string of the molecule is Cc1cc(F)ccc1-c1nc(N(CO)CCO)nc2c1ccc(=O)n2-c1ccccc1F. The molecule has 0 aliphatic carbocycles. The van der Waals surface area contributed by atoms with Gasteiger partial charge in [-0.3, -0.25) is 9.36 Å². The van der Waals surface area contributed by atoms with Gasteiger partial charge < -0.3 is 15.1 Å². The van der Waals surface area contributed by atoms with E-state index in [1.54, 1.807) is 19.1 Å². The number of pyridine rings is 1. The van der Waals surface area contributed by atoms with Gasteiger partial charge in [-0.2, -0.15) is 4.98 Å². The summed E-state index contributed by atoms with van der Waals surface area (Å²) in [6.07, 6.45) is 0. The molecule has 0 saturated heterocycles. The van der Waals surface area contributed by atoms with E-state index in [-0.39, 0.29) is 30.4 Å². The predicted molar refractivity (Wildman–Crippen MR) is 117 cm³/mol. The summed E-state index contributed by atoms with van der Waals surface area (Å²) in [5.41, 5.74) is 1.17. The van der Waals surface area contributed by atoms with Crippen molar-refractivity contribution in [2.24, 2.45) is 0 Å². The van der Waals surface area contributed by atoms with Crippen LogP contribution in [0.5, 0.6) is 0 Å². The third-order valence-electron chi connectivity index (χ3n) is 5.10. The van der Waals surface area contributed by atoms with E-state index in [0.717, 1.165) is 4.57 Å². The summed E-state index contributed by atoms with van der Waals surface area (Å²) in [5.74, 6) is -0.995. The van der Waals surface area contributed by atoms with Crippen LogP contribution in [0, 0.1) is 18.6 Å². The van der Waals surface area contributed by atoms with Crippen molar-refractivity contribution in [1.29, 1.82) is 0 Å². The molecule has 0 radical (unpaired) electrons. The molecule has 164 valence electrons. The topological polar surface area (TPSA) is 91.5 Å². The predicted octanol–water partition coefficient (Wildman–Crippen LogP) is 2.78. The summed E-state index contributed by atoms with van der Waals surface area (Å²) in [6.45, 7) is 0.976. The summed E-state index contributed by atoms with van der Waals surface area (Å²) in [7, 11) is 0. The summed E-state index contributed by atoms with van der Waals surface area (Å²) in [6, 6.07) is 12.8. The fourth-order valence-corrected chi connectivity index (χ4v) is 3.56. The zero-order chi connectivity index (χ0) is 22.8. The first-order valence-corrected chi connectivity index (χ1v) is 9.86. The third kappa shape index (κ3) is 3.83. The van der Waals surface area contributed by atoms with Crippen LogP contribution in [-0.4, -0.2) is 44.6 Å². The van der Waals surface area contributed by atoms with Crippen molar-refractivity contribution in [3.63, 3.8) is 0 Å². The highest BCUT2D eigenvalue weighted by Crippen LogP contribution is 2.31. The number of nitrogens with zero attached hydrogens (tertiary/aromatic N) is 4. The number of hydrogen-bond acceptors (Lipinski definition) is 6. The van der Waals surface area contributed by atoms with E-state index in [0.29, 0.717) is 22.2 Å². The number of aliphatic hydroxyl groups excluding tert-OH is 2. The van der Waals surface area contributed by atoms with Gasteiger partial charge >= 0.3 is 0 Å². The maximum atomic E-state index is 14.6. The first-order chi connectivity index (χ1) is 15.4. The third-order valence-corrected chi connectivity index (χ3v) is 5.10. The average molecular weight is 438 g/mol. The minimum atomic E-state index is -0.615. The van der Waals surface area contributed by atoms with Crippen molar-refractivity contribution in [1.82, 2.24) is 14.5 Å². The fourth-order valence-electron chi connectivity index (χ4n) is 3.56. The number of aliphatic hydroxyl groups is 2. The van der Waals surface area contributed by atoms with Gasteiger partial charge in [0.05, 0.1) is 18.0 Å². The highest BCUT2D eigenvalue weighted by Gasteiger charge is 2.20. The summed E-state index contributed by atoms with van der Waals surface area (Å²) < 4.78 is 29.5. The van der Waals surface area contributed by atoms with Crippen LogP contribution in [-0.2, 0) is 0 Å². The van der Waals surface area contributed by atoms with Gasteiger partial charge in [0.15, 0.2) is 5.65 Å². The summed E-state index contributed by atoms with van der Waals surface area (Å²) >= 11 is 0. The zero-order valence-corrected chi connectivity index (χ0v) is 17.2. The van der Waals surface area contributed by atoms with E-state index in [9.17, 15) is 23.8 Å². The molecule has 0 aliphatic heterocycles. The fraction of sp³-hybridized carbons (Fsp3) is 0.174. The molecule has 0 aliphatic rings. The number of aryl methyl sites for hydroxylation is 1. The maximum Gasteiger partial charge on any atom is 0.256 e. The lowest BCUT2D eigenvalue weighted by atomic mass is 10.0. The van der Waals surface area contributed by atoms with Gasteiger partial charge in [-0.15, -0.1) is 0 Å². The first kappa shape index (κ1) is 21.5. The van der Waals surface area contributed by atoms with E-state index < -0.39 is 23.9 Å². The zero-order valence-electron chi connectivity index (χ0n) is 17.2. The lowest BCUT2D eigenvalue weighted by Gasteiger charge is -2.21. The van der Waals surface area contributed by atoms with Gasteiger partial charge in [0.2, 0.25) is 5.95 Å². The van der Waals surface area contributed by atoms with Crippen molar-refractivity contribution in [3.8, 4) is 16.9 Å². The number of benzene rings is 2. The molecule has 2 aromatic heterocycles. The second-order valence-electron chi connectivity index (χ2n) is 7.16. The van der Waals surface area contributed by atoms with E-state index in [1.165, 1.54) is 47.4 Å². The van der Waals surface area contributed by atoms with Gasteiger partial charge in [0.1, 0.15) is 18.4 Å². The number of para-hydroxylation sites is 1. The van der Waals surface area contributed by atoms with Crippen LogP contribution in [0.3, 0.4) is 0 Å². The molecule has 0 spiro atoms. The number of halogens is 2. The molecular formula is C23H20F2N4O3. The van der Waals surface area contributed by atoms with E-state index in [4.69, 9.17) is 0 Å². The molecule has 32 heavy (non-hydrogen) atoms. The van der Waals surface area contributed by atoms with E-state index in [2.05, 4.69) is 9.97 Å². The van der Waals surface area contributed by atoms with Gasteiger partial charge in [-0.1, -0.05) is 12.1 Å². The van der Waals surface area contributed by atoms with Crippen LogP contribution in [0.1, 0.15) is 5.56 Å². The summed E-state index contributed by atoms with van der Waals surface area (Å²) in [4.78, 5) is 23.1. The molecule has 2 aromatic carbocycles. The van der Waals surface area contributed by atoms with Crippen LogP contribution in [0.2, 0.25) is 0 Å². The largest absolute Gasteiger partial charge is 0.395 e. The highest BCUT2D eigenvalue weighted by atomic mass is 19.1. The molecule has 2 N–H and O–H groups in total. The Morgan fingerprint density at radius 2 is 1.81 bits per heavy atom. The quantitative estimate of drug-likeness (QED) is 0.450. The van der Waals surface area contributed by atoms with Crippen molar-refractivity contribution in [2.45, 2.75) is 6.92 Å². The highest BCUT2D eigenvalue weighted by molar-refractivity contribution is 5.93. The molecule has 0 atom stereocenters. The Balaban J connectivity index is 2.12. The Hall–Kier alpha value is -3.69. The molecule has 0 fully saturated rings. The number of fused-ring (bicyclic) bond motifs is 1. The lowest BCUT2D eigenvalue weighted by molar-refractivity contribution is 0.256. The number of hydrogen-bond donors (Lipinski definition) is 2. The second kappa shape index (κ2) is 8.81. The maximum absolute atomic E-state index is 14.6. The molecule has 0 bridgehead atoms. The smallest absolute Gasteiger partial charge is 0.256 e. The summed E-state index contributed by atoms with van der Waals surface area (Å²) in [5, 5.41) is 19.6. The van der Waals surface area contributed by atoms with Crippen molar-refractivity contribution < 1.29 is 19.0 Å². The van der Waals surface area contributed by atoms with Crippen LogP contribution in [0.4, 0.5) is 14.7 Å². The Kier molecular flexibility index (Phi) is 5.93. The molecule has 0 amide bonds. The second-order valence-corrected chi connectivity index (χ2v) is 7.16. The average Bonchev–Trinajstić information content (AvgIpc) is 2.77. The standard InChI is InChI=1S/C23H20F2N4O3/c1-14-12-15(24)6-7-16(14)21-17-8-9-20(32)29(19-5-3-2-4-18(19)25)22(17)27-23(26-21)28(13-31)10-11-30/h2-9,12,30-31H,10-11,13H2,1H3. The Morgan fingerprint density at radius 1 is 1.03 bits per heavy atom. The van der Waals surface area contributed by atoms with Crippen molar-refractivity contribution in [3.05, 3.63) is 82.1 Å². The molecule has 7 nitrogen and oxygen atoms in total. The van der Waals surface area contributed by atoms with Crippen LogP contribution < -0.4 is 10.5 Å². The van der Waals surface area contributed by atoms with Crippen LogP contribution >= 0.6 is 0 Å². The molecule has 4 rings (SSSR count). The van der Waals surface area contributed by atoms with Gasteiger partial charge in [0.25, 0.3) is 5.56 Å². The molecule has 9 heteroatoms. The first-order valence-electron chi connectivity index (χ1n) is 9.86. The van der Waals surface area contributed by atoms with Gasteiger partial charge in [-0.05, 0) is 48.9 Å². The van der Waals surface area contributed by atoms with Crippen LogP contribution in [0.25, 0.3) is 28.0 Å². The molecule has 2 heterocycles. The monoisotopic (exact) mass is 438 g/mol. The van der Waals surface area contributed by atoms with Gasteiger partial charge in [-0.25, -0.2) is 13.8 Å². The Morgan fingerprint density at radius 3 is 2.50 bits per heavy atom. The van der Waals surface area contributed by atoms with Crippen molar-refractivity contribution in [2.75, 3.05) is 24.8 Å². The Labute approximate surface area is 181 Å². The molecule has 0 unspecified atom stereocenters. The number of anilines is 1. The van der Waals surface area contributed by atoms with Crippen molar-refractivity contribution >= 4 is 17.0 Å². The molecule has 0 saturated carbocycles. The van der Waals surface area contributed by atoms with E-state index in [1.807, 2.05) is 0 Å². The Bertz CT molecular complexity index is 1360. The minimum absolute atomic E-state index is 0.00670. The molecule has 4 aromatic rings.